The minimum absolute atomic E-state index is 0.492. The molecule has 0 spiro atoms. The molecule has 17 heavy (non-hydrogen) atoms. The van der Waals surface area contributed by atoms with Crippen molar-refractivity contribution in [2.24, 2.45) is 5.92 Å². The van der Waals surface area contributed by atoms with Gasteiger partial charge in [0.1, 0.15) is 0 Å². The molecule has 0 radical (unpaired) electrons. The maximum atomic E-state index is 3.47. The lowest BCUT2D eigenvalue weighted by atomic mass is 9.88. The second-order valence-corrected chi connectivity index (χ2v) is 5.16. The molecule has 0 heterocycles. The van der Waals surface area contributed by atoms with Gasteiger partial charge in [-0.15, -0.1) is 0 Å². The monoisotopic (exact) mass is 233 g/mol. The van der Waals surface area contributed by atoms with Crippen molar-refractivity contribution >= 4 is 0 Å². The van der Waals surface area contributed by atoms with E-state index in [9.17, 15) is 0 Å². The maximum Gasteiger partial charge on any atom is 0.0345 e. The Morgan fingerprint density at radius 1 is 0.941 bits per heavy atom. The van der Waals surface area contributed by atoms with Crippen molar-refractivity contribution in [1.29, 1.82) is 0 Å². The Balaban J connectivity index is 2.89. The van der Waals surface area contributed by atoms with Crippen LogP contribution in [0.2, 0.25) is 0 Å². The topological polar surface area (TPSA) is 12.0 Å². The van der Waals surface area contributed by atoms with Gasteiger partial charge in [0.2, 0.25) is 0 Å². The van der Waals surface area contributed by atoms with Gasteiger partial charge in [0.25, 0.3) is 0 Å². The van der Waals surface area contributed by atoms with Crippen molar-refractivity contribution in [3.8, 4) is 0 Å². The zero-order chi connectivity index (χ0) is 12.8. The first-order valence-electron chi connectivity index (χ1n) is 6.91. The van der Waals surface area contributed by atoms with Crippen molar-refractivity contribution in [1.82, 2.24) is 5.32 Å². The fraction of sp³-hybridized carbons (Fsp3) is 0.625. The average molecular weight is 233 g/mol. The Kier molecular flexibility index (Phi) is 5.70. The maximum absolute atomic E-state index is 3.47. The fourth-order valence-corrected chi connectivity index (χ4v) is 2.52. The van der Waals surface area contributed by atoms with E-state index in [1.807, 2.05) is 0 Å². The third-order valence-electron chi connectivity index (χ3n) is 3.79. The van der Waals surface area contributed by atoms with Gasteiger partial charge in [0.05, 0.1) is 0 Å². The first-order chi connectivity index (χ1) is 8.13. The van der Waals surface area contributed by atoms with Gasteiger partial charge in [-0.25, -0.2) is 0 Å². The summed E-state index contributed by atoms with van der Waals surface area (Å²) in [6, 6.07) is 9.61. The van der Waals surface area contributed by atoms with Crippen molar-refractivity contribution in [2.45, 2.75) is 52.5 Å². The van der Waals surface area contributed by atoms with Gasteiger partial charge in [0, 0.05) is 6.04 Å². The number of benzene rings is 1. The molecule has 0 bridgehead atoms. The molecule has 0 saturated carbocycles. The summed E-state index contributed by atoms with van der Waals surface area (Å²) in [5, 5.41) is 3.47. The summed E-state index contributed by atoms with van der Waals surface area (Å²) in [5.74, 6) is 1.34. The Morgan fingerprint density at radius 3 is 1.76 bits per heavy atom. The highest BCUT2D eigenvalue weighted by atomic mass is 14.9. The Labute approximate surface area is 107 Å². The highest BCUT2D eigenvalue weighted by Crippen LogP contribution is 2.28. The first-order valence-corrected chi connectivity index (χ1v) is 6.91. The van der Waals surface area contributed by atoms with E-state index in [0.29, 0.717) is 12.0 Å². The first kappa shape index (κ1) is 14.2. The predicted molar refractivity (Wildman–Crippen MR) is 76.4 cm³/mol. The highest BCUT2D eigenvalue weighted by Gasteiger charge is 2.18. The van der Waals surface area contributed by atoms with Crippen LogP contribution in [0.3, 0.4) is 0 Å². The van der Waals surface area contributed by atoms with Gasteiger partial charge in [-0.1, -0.05) is 64.8 Å². The molecule has 0 amide bonds. The van der Waals surface area contributed by atoms with Gasteiger partial charge in [-0.3, -0.25) is 0 Å². The molecule has 0 aliphatic rings. The van der Waals surface area contributed by atoms with Gasteiger partial charge >= 0.3 is 0 Å². The molecular formula is C16H27N. The molecule has 1 unspecified atom stereocenters. The molecule has 1 rings (SSSR count). The van der Waals surface area contributed by atoms with Crippen molar-refractivity contribution < 1.29 is 0 Å². The van der Waals surface area contributed by atoms with Gasteiger partial charge in [0.15, 0.2) is 0 Å². The largest absolute Gasteiger partial charge is 0.313 e. The Morgan fingerprint density at radius 2 is 1.41 bits per heavy atom. The van der Waals surface area contributed by atoms with Crippen LogP contribution in [-0.4, -0.2) is 7.05 Å². The zero-order valence-electron chi connectivity index (χ0n) is 12.0. The van der Waals surface area contributed by atoms with E-state index < -0.39 is 0 Å². The number of hydrogen-bond acceptors (Lipinski definition) is 1. The summed E-state index contributed by atoms with van der Waals surface area (Å²) in [5.41, 5.74) is 2.85. The van der Waals surface area contributed by atoms with Crippen molar-refractivity contribution in [3.63, 3.8) is 0 Å². The zero-order valence-corrected chi connectivity index (χ0v) is 12.0. The Hall–Kier alpha value is -0.820. The van der Waals surface area contributed by atoms with Gasteiger partial charge in [-0.2, -0.15) is 0 Å². The average Bonchev–Trinajstić information content (AvgIpc) is 2.36. The standard InChI is InChI=1S/C16H27N/c1-6-13(7-2)16(17-5)15-10-8-14(9-11-15)12(3)4/h8-13,16-17H,6-7H2,1-5H3. The third kappa shape index (κ3) is 3.57. The van der Waals surface area contributed by atoms with Crippen molar-refractivity contribution in [2.75, 3.05) is 7.05 Å². The molecule has 1 heteroatoms. The van der Waals surface area contributed by atoms with E-state index in [1.54, 1.807) is 0 Å². The van der Waals surface area contributed by atoms with Gasteiger partial charge in [-0.05, 0) is 30.0 Å². The van der Waals surface area contributed by atoms with Crippen LogP contribution in [-0.2, 0) is 0 Å². The van der Waals surface area contributed by atoms with Crippen molar-refractivity contribution in [3.05, 3.63) is 35.4 Å². The quantitative estimate of drug-likeness (QED) is 0.762. The summed E-state index contributed by atoms with van der Waals surface area (Å²) < 4.78 is 0. The van der Waals surface area contributed by atoms with Crippen LogP contribution in [0.4, 0.5) is 0 Å². The van der Waals surface area contributed by atoms with E-state index in [4.69, 9.17) is 0 Å². The third-order valence-corrected chi connectivity index (χ3v) is 3.79. The summed E-state index contributed by atoms with van der Waals surface area (Å²) in [6.45, 7) is 9.04. The lowest BCUT2D eigenvalue weighted by molar-refractivity contribution is 0.359. The van der Waals surface area contributed by atoms with Crippen LogP contribution in [0.25, 0.3) is 0 Å². The van der Waals surface area contributed by atoms with E-state index in [0.717, 1.165) is 5.92 Å². The predicted octanol–water partition coefficient (Wildman–Crippen LogP) is 4.51. The molecule has 1 aromatic carbocycles. The second kappa shape index (κ2) is 6.80. The van der Waals surface area contributed by atoms with E-state index >= 15 is 0 Å². The number of nitrogens with one attached hydrogen (secondary N) is 1. The molecule has 96 valence electrons. The lowest BCUT2D eigenvalue weighted by Crippen LogP contribution is -2.24. The van der Waals surface area contributed by atoms with Crippen LogP contribution >= 0.6 is 0 Å². The molecule has 0 fully saturated rings. The minimum atomic E-state index is 0.492. The lowest BCUT2D eigenvalue weighted by Gasteiger charge is -2.25. The molecule has 1 aromatic rings. The minimum Gasteiger partial charge on any atom is -0.313 e. The molecule has 0 aliphatic heterocycles. The molecule has 1 N–H and O–H groups in total. The summed E-state index contributed by atoms with van der Waals surface area (Å²) >= 11 is 0. The molecule has 1 atom stereocenters. The van der Waals surface area contributed by atoms with Crippen LogP contribution in [0.1, 0.15) is 63.6 Å². The van der Waals surface area contributed by atoms with Gasteiger partial charge < -0.3 is 5.32 Å². The molecule has 0 aliphatic carbocycles. The van der Waals surface area contributed by atoms with E-state index in [-0.39, 0.29) is 0 Å². The van der Waals surface area contributed by atoms with Crippen LogP contribution in [0.5, 0.6) is 0 Å². The normalized spacial score (nSPS) is 13.4. The summed E-state index contributed by atoms with van der Waals surface area (Å²) in [7, 11) is 2.07. The van der Waals surface area contributed by atoms with Crippen LogP contribution in [0.15, 0.2) is 24.3 Å². The highest BCUT2D eigenvalue weighted by molar-refractivity contribution is 5.27. The number of rotatable bonds is 6. The van der Waals surface area contributed by atoms with E-state index in [2.05, 4.69) is 64.3 Å². The molecule has 0 aromatic heterocycles. The summed E-state index contributed by atoms with van der Waals surface area (Å²) in [6.07, 6.45) is 2.46. The smallest absolute Gasteiger partial charge is 0.0345 e. The molecule has 1 nitrogen and oxygen atoms in total. The fourth-order valence-electron chi connectivity index (χ4n) is 2.52. The Bertz CT molecular complexity index is 309. The van der Waals surface area contributed by atoms with E-state index in [1.165, 1.54) is 24.0 Å². The van der Waals surface area contributed by atoms with Crippen LogP contribution < -0.4 is 5.32 Å². The molecule has 0 saturated heterocycles. The van der Waals surface area contributed by atoms with Crippen LogP contribution in [0, 0.1) is 5.92 Å². The molecular weight excluding hydrogens is 206 g/mol. The number of hydrogen-bond donors (Lipinski definition) is 1. The SMILES string of the molecule is CCC(CC)C(NC)c1ccc(C(C)C)cc1. The summed E-state index contributed by atoms with van der Waals surface area (Å²) in [4.78, 5) is 0. The second-order valence-electron chi connectivity index (χ2n) is 5.16.